The fourth-order valence-corrected chi connectivity index (χ4v) is 4.35. The Labute approximate surface area is 166 Å². The topological polar surface area (TPSA) is 75.4 Å². The van der Waals surface area contributed by atoms with Gasteiger partial charge in [0, 0.05) is 42.4 Å². The highest BCUT2D eigenvalue weighted by Crippen LogP contribution is 2.34. The van der Waals surface area contributed by atoms with Gasteiger partial charge in [-0.05, 0) is 50.1 Å². The number of carbonyl (C=O) groups is 2. The molecule has 1 fully saturated rings. The summed E-state index contributed by atoms with van der Waals surface area (Å²) in [4.78, 5) is 29.4. The molecule has 0 unspecified atom stereocenters. The highest BCUT2D eigenvalue weighted by molar-refractivity contribution is 8.26. The number of thioether (sulfide) groups is 1. The lowest BCUT2D eigenvalue weighted by Gasteiger charge is -2.13. The van der Waals surface area contributed by atoms with Gasteiger partial charge in [-0.1, -0.05) is 24.0 Å². The highest BCUT2D eigenvalue weighted by atomic mass is 32.2. The van der Waals surface area contributed by atoms with Gasteiger partial charge >= 0.3 is 5.97 Å². The average molecular weight is 402 g/mol. The van der Waals surface area contributed by atoms with Crippen molar-refractivity contribution < 1.29 is 14.7 Å². The second-order valence-corrected chi connectivity index (χ2v) is 7.87. The van der Waals surface area contributed by atoms with Gasteiger partial charge in [0.25, 0.3) is 5.91 Å². The SMILES string of the molecule is Cc1cc(/C=C2\SC(=S)N(CCCC(=O)O)C2=O)c(C)n1-c1ccncc1. The van der Waals surface area contributed by atoms with Crippen molar-refractivity contribution in [3.63, 3.8) is 0 Å². The molecule has 0 bridgehead atoms. The summed E-state index contributed by atoms with van der Waals surface area (Å²) in [5.74, 6) is -1.04. The van der Waals surface area contributed by atoms with E-state index in [0.717, 1.165) is 22.6 Å². The summed E-state index contributed by atoms with van der Waals surface area (Å²) in [5.41, 5.74) is 4.05. The van der Waals surface area contributed by atoms with Crippen LogP contribution in [-0.4, -0.2) is 42.3 Å². The molecule has 140 valence electrons. The van der Waals surface area contributed by atoms with Gasteiger partial charge in [0.15, 0.2) is 0 Å². The first-order chi connectivity index (χ1) is 12.9. The van der Waals surface area contributed by atoms with Crippen LogP contribution in [0.1, 0.15) is 29.8 Å². The lowest BCUT2D eigenvalue weighted by molar-refractivity contribution is -0.137. The number of carboxylic acids is 1. The molecule has 2 aromatic rings. The van der Waals surface area contributed by atoms with Crippen LogP contribution >= 0.6 is 24.0 Å². The van der Waals surface area contributed by atoms with Crippen LogP contribution in [0, 0.1) is 13.8 Å². The number of hydrogen-bond acceptors (Lipinski definition) is 5. The van der Waals surface area contributed by atoms with Gasteiger partial charge in [-0.2, -0.15) is 0 Å². The lowest BCUT2D eigenvalue weighted by Crippen LogP contribution is -2.29. The van der Waals surface area contributed by atoms with Gasteiger partial charge in [0.2, 0.25) is 0 Å². The molecule has 0 radical (unpaired) electrons. The maximum absolute atomic E-state index is 12.7. The summed E-state index contributed by atoms with van der Waals surface area (Å²) < 4.78 is 2.58. The van der Waals surface area contributed by atoms with Crippen molar-refractivity contribution in [1.29, 1.82) is 0 Å². The van der Waals surface area contributed by atoms with E-state index in [9.17, 15) is 9.59 Å². The Morgan fingerprint density at radius 3 is 2.70 bits per heavy atom. The molecule has 27 heavy (non-hydrogen) atoms. The maximum atomic E-state index is 12.7. The molecule has 6 nitrogen and oxygen atoms in total. The van der Waals surface area contributed by atoms with E-state index in [2.05, 4.69) is 9.55 Å². The minimum atomic E-state index is -0.875. The molecule has 3 rings (SSSR count). The van der Waals surface area contributed by atoms with Crippen LogP contribution in [0.5, 0.6) is 0 Å². The fourth-order valence-electron chi connectivity index (χ4n) is 3.05. The summed E-state index contributed by atoms with van der Waals surface area (Å²) in [6.45, 7) is 4.35. The first-order valence-corrected chi connectivity index (χ1v) is 9.67. The number of rotatable bonds is 6. The fraction of sp³-hybridized carbons (Fsp3) is 0.263. The number of aliphatic carboxylic acids is 1. The molecule has 1 aliphatic heterocycles. The second kappa shape index (κ2) is 8.06. The Kier molecular flexibility index (Phi) is 5.76. The number of aryl methyl sites for hydroxylation is 1. The van der Waals surface area contributed by atoms with Crippen LogP contribution in [0.3, 0.4) is 0 Å². The van der Waals surface area contributed by atoms with Gasteiger partial charge in [-0.15, -0.1) is 0 Å². The summed E-state index contributed by atoms with van der Waals surface area (Å²) in [6, 6.07) is 5.91. The molecule has 1 saturated heterocycles. The number of carbonyl (C=O) groups excluding carboxylic acids is 1. The first-order valence-electron chi connectivity index (χ1n) is 8.45. The van der Waals surface area contributed by atoms with Crippen molar-refractivity contribution in [3.05, 3.63) is 52.4 Å². The van der Waals surface area contributed by atoms with Crippen molar-refractivity contribution in [2.45, 2.75) is 26.7 Å². The van der Waals surface area contributed by atoms with Crippen LogP contribution in [0.25, 0.3) is 11.8 Å². The summed E-state index contributed by atoms with van der Waals surface area (Å²) in [7, 11) is 0. The minimum Gasteiger partial charge on any atom is -0.481 e. The smallest absolute Gasteiger partial charge is 0.303 e. The number of carboxylic acid groups (broad SMARTS) is 1. The van der Waals surface area contributed by atoms with Crippen LogP contribution in [0.4, 0.5) is 0 Å². The summed E-state index contributed by atoms with van der Waals surface area (Å²) in [5, 5.41) is 8.76. The molecular weight excluding hydrogens is 382 g/mol. The monoisotopic (exact) mass is 401 g/mol. The van der Waals surface area contributed by atoms with E-state index in [1.54, 1.807) is 12.4 Å². The zero-order chi connectivity index (χ0) is 19.6. The molecule has 8 heteroatoms. The van der Waals surface area contributed by atoms with E-state index in [1.807, 2.05) is 38.1 Å². The number of pyridine rings is 1. The van der Waals surface area contributed by atoms with Gasteiger partial charge in [0.05, 0.1) is 4.91 Å². The number of amides is 1. The Hall–Kier alpha value is -2.45. The van der Waals surface area contributed by atoms with Crippen LogP contribution in [-0.2, 0) is 9.59 Å². The Balaban J connectivity index is 1.84. The third-order valence-electron chi connectivity index (χ3n) is 4.32. The van der Waals surface area contributed by atoms with Crippen molar-refractivity contribution in [3.8, 4) is 5.69 Å². The molecule has 0 aliphatic carbocycles. The van der Waals surface area contributed by atoms with E-state index < -0.39 is 5.97 Å². The molecule has 0 atom stereocenters. The van der Waals surface area contributed by atoms with E-state index in [1.165, 1.54) is 16.7 Å². The van der Waals surface area contributed by atoms with Gasteiger partial charge in [-0.25, -0.2) is 0 Å². The zero-order valence-electron chi connectivity index (χ0n) is 15.0. The van der Waals surface area contributed by atoms with Crippen molar-refractivity contribution in [1.82, 2.24) is 14.5 Å². The minimum absolute atomic E-state index is 0.0171. The maximum Gasteiger partial charge on any atom is 0.303 e. The number of thiocarbonyl (C=S) groups is 1. The van der Waals surface area contributed by atoms with E-state index in [0.29, 0.717) is 22.2 Å². The van der Waals surface area contributed by atoms with Crippen molar-refractivity contribution >= 4 is 46.3 Å². The Bertz CT molecular complexity index is 935. The van der Waals surface area contributed by atoms with E-state index in [4.69, 9.17) is 17.3 Å². The molecular formula is C19H19N3O3S2. The molecule has 1 aliphatic rings. The average Bonchev–Trinajstić information content (AvgIpc) is 3.05. The molecule has 3 heterocycles. The zero-order valence-corrected chi connectivity index (χ0v) is 16.6. The standard InChI is InChI=1S/C19H19N3O3S2/c1-12-10-14(13(2)22(12)15-5-7-20-8-6-15)11-16-18(25)21(19(26)27-16)9-3-4-17(23)24/h5-8,10-11H,3-4,9H2,1-2H3,(H,23,24)/b16-11-. The van der Waals surface area contributed by atoms with Crippen LogP contribution < -0.4 is 0 Å². The van der Waals surface area contributed by atoms with E-state index >= 15 is 0 Å². The van der Waals surface area contributed by atoms with Crippen LogP contribution in [0.15, 0.2) is 35.5 Å². The van der Waals surface area contributed by atoms with Gasteiger partial charge < -0.3 is 9.67 Å². The predicted octanol–water partition coefficient (Wildman–Crippen LogP) is 3.56. The third kappa shape index (κ3) is 4.12. The van der Waals surface area contributed by atoms with Gasteiger partial charge in [-0.3, -0.25) is 19.5 Å². The highest BCUT2D eigenvalue weighted by Gasteiger charge is 2.32. The first kappa shape index (κ1) is 19.3. The Morgan fingerprint density at radius 1 is 1.33 bits per heavy atom. The van der Waals surface area contributed by atoms with Crippen LogP contribution in [0.2, 0.25) is 0 Å². The van der Waals surface area contributed by atoms with Crippen molar-refractivity contribution in [2.24, 2.45) is 0 Å². The normalized spacial score (nSPS) is 15.8. The molecule has 0 spiro atoms. The predicted molar refractivity (Wildman–Crippen MR) is 110 cm³/mol. The summed E-state index contributed by atoms with van der Waals surface area (Å²) >= 11 is 6.56. The number of nitrogens with zero attached hydrogens (tertiary/aromatic N) is 3. The molecule has 2 aromatic heterocycles. The molecule has 0 saturated carbocycles. The molecule has 1 amide bonds. The third-order valence-corrected chi connectivity index (χ3v) is 5.70. The van der Waals surface area contributed by atoms with E-state index in [-0.39, 0.29) is 12.3 Å². The summed E-state index contributed by atoms with van der Waals surface area (Å²) in [6.07, 6.45) is 5.75. The second-order valence-electron chi connectivity index (χ2n) is 6.20. The lowest BCUT2D eigenvalue weighted by atomic mass is 10.2. The largest absolute Gasteiger partial charge is 0.481 e. The van der Waals surface area contributed by atoms with Gasteiger partial charge in [0.1, 0.15) is 4.32 Å². The quantitative estimate of drug-likeness (QED) is 0.589. The number of aromatic nitrogens is 2. The molecule has 0 aromatic carbocycles. The number of hydrogen-bond donors (Lipinski definition) is 1. The van der Waals surface area contributed by atoms with Crippen molar-refractivity contribution in [2.75, 3.05) is 6.54 Å². The Morgan fingerprint density at radius 2 is 2.04 bits per heavy atom. The molecule has 1 N–H and O–H groups in total.